The molecule has 0 fully saturated rings. The van der Waals surface area contributed by atoms with Crippen LogP contribution in [0.4, 0.5) is 5.95 Å². The van der Waals surface area contributed by atoms with Gasteiger partial charge in [0.1, 0.15) is 0 Å². The fourth-order valence-electron chi connectivity index (χ4n) is 3.21. The van der Waals surface area contributed by atoms with Gasteiger partial charge in [-0.05, 0) is 56.4 Å². The summed E-state index contributed by atoms with van der Waals surface area (Å²) in [6, 6.07) is 3.83. The van der Waals surface area contributed by atoms with Gasteiger partial charge in [0.05, 0.1) is 0 Å². The fourth-order valence-corrected chi connectivity index (χ4v) is 3.21. The molecule has 2 heterocycles. The van der Waals surface area contributed by atoms with Crippen LogP contribution in [0.15, 0.2) is 30.7 Å². The average molecular weight is 339 g/mol. The van der Waals surface area contributed by atoms with Gasteiger partial charge in [-0.2, -0.15) is 0 Å². The van der Waals surface area contributed by atoms with Crippen LogP contribution >= 0.6 is 0 Å². The highest BCUT2D eigenvalue weighted by molar-refractivity contribution is 5.79. The number of hydrogen-bond acceptors (Lipinski definition) is 5. The molecule has 1 aliphatic carbocycles. The maximum Gasteiger partial charge on any atom is 0.225 e. The van der Waals surface area contributed by atoms with E-state index in [1.165, 1.54) is 0 Å². The standard InChI is InChI=1S/C19H25N5O/c1-3-24(4-2)19-22-13-16-11-15(5-6-17(16)23-19)18(25)21-12-14-7-9-20-10-8-14/h7-10,13,15H,3-6,11-12H2,1-2H3,(H,21,25). The van der Waals surface area contributed by atoms with Crippen LogP contribution in [0.25, 0.3) is 0 Å². The molecule has 25 heavy (non-hydrogen) atoms. The van der Waals surface area contributed by atoms with Crippen LogP contribution in [0.2, 0.25) is 0 Å². The minimum atomic E-state index is -0.00256. The third kappa shape index (κ3) is 4.13. The molecule has 1 aliphatic rings. The minimum Gasteiger partial charge on any atom is -0.352 e. The van der Waals surface area contributed by atoms with E-state index in [4.69, 9.17) is 4.98 Å². The Bertz CT molecular complexity index is 715. The van der Waals surface area contributed by atoms with Crippen molar-refractivity contribution in [2.24, 2.45) is 5.92 Å². The number of aromatic nitrogens is 3. The molecule has 1 atom stereocenters. The number of fused-ring (bicyclic) bond motifs is 1. The predicted octanol–water partition coefficient (Wildman–Crippen LogP) is 2.14. The second kappa shape index (κ2) is 8.05. The number of amides is 1. The molecule has 0 saturated carbocycles. The summed E-state index contributed by atoms with van der Waals surface area (Å²) in [6.45, 7) is 6.55. The zero-order chi connectivity index (χ0) is 17.6. The van der Waals surface area contributed by atoms with Crippen molar-refractivity contribution < 1.29 is 4.79 Å². The second-order valence-corrected chi connectivity index (χ2v) is 6.33. The number of anilines is 1. The highest BCUT2D eigenvalue weighted by atomic mass is 16.1. The quantitative estimate of drug-likeness (QED) is 0.873. The Morgan fingerprint density at radius 3 is 2.76 bits per heavy atom. The van der Waals surface area contributed by atoms with Crippen LogP contribution in [0.1, 0.15) is 37.1 Å². The van der Waals surface area contributed by atoms with Crippen molar-refractivity contribution in [1.29, 1.82) is 0 Å². The van der Waals surface area contributed by atoms with E-state index in [0.29, 0.717) is 6.54 Å². The maximum absolute atomic E-state index is 12.5. The van der Waals surface area contributed by atoms with Gasteiger partial charge < -0.3 is 10.2 Å². The molecule has 0 aliphatic heterocycles. The van der Waals surface area contributed by atoms with Crippen molar-refractivity contribution in [2.75, 3.05) is 18.0 Å². The SMILES string of the molecule is CCN(CC)c1ncc2c(n1)CCC(C(=O)NCc1ccncc1)C2. The highest BCUT2D eigenvalue weighted by Gasteiger charge is 2.26. The summed E-state index contributed by atoms with van der Waals surface area (Å²) in [5.41, 5.74) is 3.26. The summed E-state index contributed by atoms with van der Waals surface area (Å²) >= 11 is 0. The smallest absolute Gasteiger partial charge is 0.225 e. The van der Waals surface area contributed by atoms with Gasteiger partial charge in [0.2, 0.25) is 11.9 Å². The molecule has 0 aromatic carbocycles. The van der Waals surface area contributed by atoms with Crippen molar-refractivity contribution >= 4 is 11.9 Å². The van der Waals surface area contributed by atoms with E-state index in [1.807, 2.05) is 18.3 Å². The zero-order valence-electron chi connectivity index (χ0n) is 14.9. The highest BCUT2D eigenvalue weighted by Crippen LogP contribution is 2.25. The van der Waals surface area contributed by atoms with Gasteiger partial charge in [0, 0.05) is 49.8 Å². The summed E-state index contributed by atoms with van der Waals surface area (Å²) in [7, 11) is 0. The number of carbonyl (C=O) groups is 1. The zero-order valence-corrected chi connectivity index (χ0v) is 14.9. The summed E-state index contributed by atoms with van der Waals surface area (Å²) in [5, 5.41) is 3.03. The second-order valence-electron chi connectivity index (χ2n) is 6.33. The molecule has 0 bridgehead atoms. The van der Waals surface area contributed by atoms with Crippen molar-refractivity contribution in [2.45, 2.75) is 39.7 Å². The molecule has 1 unspecified atom stereocenters. The lowest BCUT2D eigenvalue weighted by molar-refractivity contribution is -0.125. The molecule has 1 N–H and O–H groups in total. The number of pyridine rings is 1. The number of nitrogens with zero attached hydrogens (tertiary/aromatic N) is 4. The van der Waals surface area contributed by atoms with Crippen LogP contribution in [-0.2, 0) is 24.2 Å². The lowest BCUT2D eigenvalue weighted by atomic mass is 9.86. The molecule has 6 nitrogen and oxygen atoms in total. The van der Waals surface area contributed by atoms with Gasteiger partial charge in [0.15, 0.2) is 0 Å². The molecule has 0 saturated heterocycles. The largest absolute Gasteiger partial charge is 0.352 e. The van der Waals surface area contributed by atoms with E-state index in [9.17, 15) is 4.79 Å². The van der Waals surface area contributed by atoms with Crippen LogP contribution in [0, 0.1) is 5.92 Å². The molecule has 0 spiro atoms. The molecule has 0 radical (unpaired) electrons. The van der Waals surface area contributed by atoms with Crippen LogP contribution in [0.3, 0.4) is 0 Å². The van der Waals surface area contributed by atoms with Gasteiger partial charge in [-0.1, -0.05) is 0 Å². The van der Waals surface area contributed by atoms with Gasteiger partial charge in [-0.15, -0.1) is 0 Å². The number of rotatable bonds is 6. The van der Waals surface area contributed by atoms with E-state index in [1.54, 1.807) is 12.4 Å². The van der Waals surface area contributed by atoms with E-state index in [-0.39, 0.29) is 11.8 Å². The van der Waals surface area contributed by atoms with Crippen molar-refractivity contribution in [3.05, 3.63) is 47.5 Å². The van der Waals surface area contributed by atoms with Crippen LogP contribution < -0.4 is 10.2 Å². The Morgan fingerprint density at radius 2 is 2.04 bits per heavy atom. The van der Waals surface area contributed by atoms with Gasteiger partial charge in [0.25, 0.3) is 0 Å². The first-order valence-corrected chi connectivity index (χ1v) is 8.97. The third-order valence-electron chi connectivity index (χ3n) is 4.77. The predicted molar refractivity (Wildman–Crippen MR) is 97.2 cm³/mol. The molecule has 2 aromatic heterocycles. The summed E-state index contributed by atoms with van der Waals surface area (Å²) in [4.78, 5) is 27.8. The average Bonchev–Trinajstić information content (AvgIpc) is 2.67. The number of carbonyl (C=O) groups excluding carboxylic acids is 1. The lowest BCUT2D eigenvalue weighted by Crippen LogP contribution is -2.34. The van der Waals surface area contributed by atoms with Crippen molar-refractivity contribution in [3.8, 4) is 0 Å². The molecular formula is C19H25N5O. The Kier molecular flexibility index (Phi) is 5.58. The monoisotopic (exact) mass is 339 g/mol. The topological polar surface area (TPSA) is 71.0 Å². The Labute approximate surface area is 148 Å². The van der Waals surface area contributed by atoms with Gasteiger partial charge in [-0.25, -0.2) is 9.97 Å². The summed E-state index contributed by atoms with van der Waals surface area (Å²) < 4.78 is 0. The third-order valence-corrected chi connectivity index (χ3v) is 4.77. The first-order valence-electron chi connectivity index (χ1n) is 8.97. The molecule has 2 aromatic rings. The van der Waals surface area contributed by atoms with Crippen molar-refractivity contribution in [1.82, 2.24) is 20.3 Å². The molecule has 1 amide bonds. The van der Waals surface area contributed by atoms with Gasteiger partial charge in [-0.3, -0.25) is 9.78 Å². The Morgan fingerprint density at radius 1 is 1.28 bits per heavy atom. The van der Waals surface area contributed by atoms with E-state index in [0.717, 1.165) is 55.1 Å². The van der Waals surface area contributed by atoms with Crippen molar-refractivity contribution in [3.63, 3.8) is 0 Å². The van der Waals surface area contributed by atoms with Gasteiger partial charge >= 0.3 is 0 Å². The molecule has 132 valence electrons. The Balaban J connectivity index is 1.62. The van der Waals surface area contributed by atoms with Crippen LogP contribution in [0.5, 0.6) is 0 Å². The van der Waals surface area contributed by atoms with E-state index in [2.05, 4.69) is 34.0 Å². The summed E-state index contributed by atoms with van der Waals surface area (Å²) in [6.07, 6.45) is 7.77. The Hall–Kier alpha value is -2.50. The first kappa shape index (κ1) is 17.3. The van der Waals surface area contributed by atoms with E-state index < -0.39 is 0 Å². The molecule has 3 rings (SSSR count). The lowest BCUT2D eigenvalue weighted by Gasteiger charge is -2.25. The fraction of sp³-hybridized carbons (Fsp3) is 0.474. The number of hydrogen-bond donors (Lipinski definition) is 1. The first-order chi connectivity index (χ1) is 12.2. The number of aryl methyl sites for hydroxylation is 1. The molecular weight excluding hydrogens is 314 g/mol. The normalized spacial score (nSPS) is 16.2. The van der Waals surface area contributed by atoms with E-state index >= 15 is 0 Å². The molecule has 6 heteroatoms. The summed E-state index contributed by atoms with van der Waals surface area (Å²) in [5.74, 6) is 0.900. The number of nitrogens with one attached hydrogen (secondary N) is 1. The maximum atomic E-state index is 12.5. The minimum absolute atomic E-state index is 0.00256. The van der Waals surface area contributed by atoms with Crippen LogP contribution in [-0.4, -0.2) is 33.9 Å².